The monoisotopic (exact) mass is 403 g/mol. The number of carbonyl (C=O) groups excluding carboxylic acids is 1. The van der Waals surface area contributed by atoms with Crippen molar-refractivity contribution in [3.05, 3.63) is 99.8 Å². The number of rotatable bonds is 7. The summed E-state index contributed by atoms with van der Waals surface area (Å²) in [6, 6.07) is 17.8. The van der Waals surface area contributed by atoms with Crippen molar-refractivity contribution >= 4 is 16.9 Å². The van der Waals surface area contributed by atoms with Crippen molar-refractivity contribution in [2.24, 2.45) is 0 Å². The Balaban J connectivity index is 1.33. The number of hydrogen-bond donors (Lipinski definition) is 1. The standard InChI is InChI=1S/C24H21NO5/c1-16-13-23(26)30-22-14-20(8-9-21(16)22)29-15-17-4-6-18(7-5-17)24(27)25-11-10-19-3-2-12-28-19/h2-9,12-14H,10-11,15H2,1H3,(H,25,27). The zero-order valence-corrected chi connectivity index (χ0v) is 16.5. The fourth-order valence-electron chi connectivity index (χ4n) is 3.17. The zero-order chi connectivity index (χ0) is 20.9. The van der Waals surface area contributed by atoms with Gasteiger partial charge in [0.15, 0.2) is 0 Å². The van der Waals surface area contributed by atoms with Crippen LogP contribution in [0.1, 0.15) is 27.2 Å². The Bertz CT molecular complexity index is 1210. The quantitative estimate of drug-likeness (QED) is 0.467. The van der Waals surface area contributed by atoms with Gasteiger partial charge in [-0.15, -0.1) is 0 Å². The Morgan fingerprint density at radius 3 is 2.67 bits per heavy atom. The lowest BCUT2D eigenvalue weighted by molar-refractivity contribution is 0.0953. The molecular formula is C24H21NO5. The molecule has 4 aromatic rings. The van der Waals surface area contributed by atoms with E-state index in [0.29, 0.717) is 36.5 Å². The van der Waals surface area contributed by atoms with Gasteiger partial charge in [0.25, 0.3) is 5.91 Å². The first kappa shape index (κ1) is 19.5. The fourth-order valence-corrected chi connectivity index (χ4v) is 3.17. The summed E-state index contributed by atoms with van der Waals surface area (Å²) in [5.74, 6) is 1.32. The van der Waals surface area contributed by atoms with Gasteiger partial charge in [0.2, 0.25) is 0 Å². The van der Waals surface area contributed by atoms with E-state index in [-0.39, 0.29) is 11.5 Å². The van der Waals surface area contributed by atoms with Gasteiger partial charge in [0.05, 0.1) is 6.26 Å². The average molecular weight is 403 g/mol. The van der Waals surface area contributed by atoms with Crippen LogP contribution < -0.4 is 15.7 Å². The van der Waals surface area contributed by atoms with Crippen molar-refractivity contribution in [2.75, 3.05) is 6.54 Å². The third-order valence-corrected chi connectivity index (χ3v) is 4.78. The highest BCUT2D eigenvalue weighted by Gasteiger charge is 2.07. The van der Waals surface area contributed by atoms with Crippen LogP contribution in [0.2, 0.25) is 0 Å². The highest BCUT2D eigenvalue weighted by Crippen LogP contribution is 2.23. The molecule has 2 aromatic heterocycles. The van der Waals surface area contributed by atoms with Crippen LogP contribution in [-0.4, -0.2) is 12.5 Å². The predicted molar refractivity (Wildman–Crippen MR) is 113 cm³/mol. The molecule has 0 saturated carbocycles. The van der Waals surface area contributed by atoms with Crippen LogP contribution >= 0.6 is 0 Å². The van der Waals surface area contributed by atoms with Gasteiger partial charge in [-0.05, 0) is 54.4 Å². The first-order valence-corrected chi connectivity index (χ1v) is 9.65. The fraction of sp³-hybridized carbons (Fsp3) is 0.167. The molecule has 0 atom stereocenters. The molecule has 1 N–H and O–H groups in total. The van der Waals surface area contributed by atoms with Crippen molar-refractivity contribution < 1.29 is 18.4 Å². The van der Waals surface area contributed by atoms with Crippen molar-refractivity contribution in [1.82, 2.24) is 5.32 Å². The second kappa shape index (κ2) is 8.69. The van der Waals surface area contributed by atoms with Crippen LogP contribution in [0.4, 0.5) is 0 Å². The molecule has 6 nitrogen and oxygen atoms in total. The molecule has 0 spiro atoms. The number of ether oxygens (including phenoxy) is 1. The highest BCUT2D eigenvalue weighted by atomic mass is 16.5. The number of fused-ring (bicyclic) bond motifs is 1. The molecule has 0 unspecified atom stereocenters. The van der Waals surface area contributed by atoms with Gasteiger partial charge < -0.3 is 18.9 Å². The summed E-state index contributed by atoms with van der Waals surface area (Å²) in [7, 11) is 0. The van der Waals surface area contributed by atoms with E-state index in [1.165, 1.54) is 6.07 Å². The number of hydrogen-bond acceptors (Lipinski definition) is 5. The van der Waals surface area contributed by atoms with Gasteiger partial charge in [-0.2, -0.15) is 0 Å². The summed E-state index contributed by atoms with van der Waals surface area (Å²) in [5, 5.41) is 3.75. The van der Waals surface area contributed by atoms with Gasteiger partial charge in [-0.3, -0.25) is 4.79 Å². The molecule has 0 saturated heterocycles. The lowest BCUT2D eigenvalue weighted by atomic mass is 10.1. The number of aryl methyl sites for hydroxylation is 1. The smallest absolute Gasteiger partial charge is 0.336 e. The predicted octanol–water partition coefficient (Wildman–Crippen LogP) is 4.25. The molecule has 6 heteroatoms. The molecule has 0 fully saturated rings. The van der Waals surface area contributed by atoms with Gasteiger partial charge in [-0.1, -0.05) is 12.1 Å². The maximum Gasteiger partial charge on any atom is 0.336 e. The topological polar surface area (TPSA) is 81.7 Å². The summed E-state index contributed by atoms with van der Waals surface area (Å²) >= 11 is 0. The highest BCUT2D eigenvalue weighted by molar-refractivity contribution is 5.94. The SMILES string of the molecule is Cc1cc(=O)oc2cc(OCc3ccc(C(=O)NCCc4ccco4)cc3)ccc12. The zero-order valence-electron chi connectivity index (χ0n) is 16.5. The Kier molecular flexibility index (Phi) is 5.66. The van der Waals surface area contributed by atoms with E-state index >= 15 is 0 Å². The number of benzene rings is 2. The Hall–Kier alpha value is -3.80. The second-order valence-corrected chi connectivity index (χ2v) is 6.98. The Morgan fingerprint density at radius 1 is 1.07 bits per heavy atom. The Labute approximate surface area is 173 Å². The van der Waals surface area contributed by atoms with Gasteiger partial charge in [-0.25, -0.2) is 4.79 Å². The maximum atomic E-state index is 12.2. The van der Waals surface area contributed by atoms with Crippen molar-refractivity contribution in [3.8, 4) is 5.75 Å². The van der Waals surface area contributed by atoms with Gasteiger partial charge >= 0.3 is 5.63 Å². The minimum atomic E-state index is -0.379. The summed E-state index contributed by atoms with van der Waals surface area (Å²) in [4.78, 5) is 23.8. The van der Waals surface area contributed by atoms with Gasteiger partial charge in [0.1, 0.15) is 23.7 Å². The molecule has 30 heavy (non-hydrogen) atoms. The molecule has 0 aliphatic rings. The summed E-state index contributed by atoms with van der Waals surface area (Å²) < 4.78 is 16.3. The molecule has 0 aliphatic carbocycles. The molecule has 4 rings (SSSR count). The van der Waals surface area contributed by atoms with Crippen LogP contribution in [0.5, 0.6) is 5.75 Å². The van der Waals surface area contributed by atoms with Crippen LogP contribution in [0, 0.1) is 6.92 Å². The summed E-state index contributed by atoms with van der Waals surface area (Å²) in [6.45, 7) is 2.71. The van der Waals surface area contributed by atoms with Crippen LogP contribution in [0.15, 0.2) is 80.6 Å². The van der Waals surface area contributed by atoms with Crippen LogP contribution in [-0.2, 0) is 13.0 Å². The largest absolute Gasteiger partial charge is 0.489 e. The third-order valence-electron chi connectivity index (χ3n) is 4.78. The normalized spacial score (nSPS) is 10.8. The van der Waals surface area contributed by atoms with Gasteiger partial charge in [0, 0.05) is 36.0 Å². The van der Waals surface area contributed by atoms with Crippen LogP contribution in [0.3, 0.4) is 0 Å². The molecular weight excluding hydrogens is 382 g/mol. The lowest BCUT2D eigenvalue weighted by Crippen LogP contribution is -2.25. The van der Waals surface area contributed by atoms with E-state index in [9.17, 15) is 9.59 Å². The first-order chi connectivity index (χ1) is 14.6. The first-order valence-electron chi connectivity index (χ1n) is 9.65. The molecule has 1 amide bonds. The molecule has 0 aliphatic heterocycles. The van der Waals surface area contributed by atoms with Crippen molar-refractivity contribution in [1.29, 1.82) is 0 Å². The minimum absolute atomic E-state index is 0.131. The minimum Gasteiger partial charge on any atom is -0.489 e. The molecule has 152 valence electrons. The molecule has 2 aromatic carbocycles. The lowest BCUT2D eigenvalue weighted by Gasteiger charge is -2.09. The molecule has 0 bridgehead atoms. The molecule has 2 heterocycles. The Morgan fingerprint density at radius 2 is 1.90 bits per heavy atom. The number of nitrogens with one attached hydrogen (secondary N) is 1. The van der Waals surface area contributed by atoms with E-state index in [1.54, 1.807) is 24.5 Å². The van der Waals surface area contributed by atoms with E-state index in [1.807, 2.05) is 43.3 Å². The number of carbonyl (C=O) groups is 1. The number of amides is 1. The van der Waals surface area contributed by atoms with E-state index in [0.717, 1.165) is 22.3 Å². The van der Waals surface area contributed by atoms with E-state index in [2.05, 4.69) is 5.32 Å². The maximum absolute atomic E-state index is 12.2. The van der Waals surface area contributed by atoms with Crippen molar-refractivity contribution in [3.63, 3.8) is 0 Å². The summed E-state index contributed by atoms with van der Waals surface area (Å²) in [6.07, 6.45) is 2.27. The number of furan rings is 1. The second-order valence-electron chi connectivity index (χ2n) is 6.98. The molecule has 0 radical (unpaired) electrons. The third kappa shape index (κ3) is 4.60. The van der Waals surface area contributed by atoms with Crippen molar-refractivity contribution in [2.45, 2.75) is 20.0 Å². The van der Waals surface area contributed by atoms with E-state index in [4.69, 9.17) is 13.6 Å². The summed E-state index contributed by atoms with van der Waals surface area (Å²) in [5.41, 5.74) is 2.49. The van der Waals surface area contributed by atoms with E-state index < -0.39 is 0 Å². The van der Waals surface area contributed by atoms with Crippen LogP contribution in [0.25, 0.3) is 11.0 Å². The average Bonchev–Trinajstić information content (AvgIpc) is 3.25.